The molecule has 0 unspecified atom stereocenters. The Morgan fingerprint density at radius 1 is 1.13 bits per heavy atom. The molecule has 1 N–H and O–H groups in total. The Kier molecular flexibility index (Phi) is 6.05. The van der Waals surface area contributed by atoms with E-state index in [0.717, 1.165) is 25.2 Å². The molecule has 0 radical (unpaired) electrons. The second-order valence-corrected chi connectivity index (χ2v) is 5.21. The first-order valence-corrected chi connectivity index (χ1v) is 7.78. The lowest BCUT2D eigenvalue weighted by atomic mass is 10.1. The number of nitrogens with one attached hydrogen (secondary N) is 1. The molecule has 0 spiro atoms. The maximum atomic E-state index is 11.0. The van der Waals surface area contributed by atoms with Crippen LogP contribution in [0.3, 0.4) is 0 Å². The zero-order valence-electron chi connectivity index (χ0n) is 13.5. The predicted octanol–water partition coefficient (Wildman–Crippen LogP) is 3.44. The summed E-state index contributed by atoms with van der Waals surface area (Å²) in [6.45, 7) is 7.64. The molecule has 0 atom stereocenters. The van der Waals surface area contributed by atoms with Gasteiger partial charge in [-0.1, -0.05) is 38.1 Å². The van der Waals surface area contributed by atoms with Gasteiger partial charge in [0.15, 0.2) is 0 Å². The molecule has 0 amide bonds. The maximum Gasteiger partial charge on any atom is 0.311 e. The van der Waals surface area contributed by atoms with Gasteiger partial charge in [0, 0.05) is 25.4 Å². The first-order chi connectivity index (χ1) is 11.2. The molecule has 0 fully saturated rings. The minimum atomic E-state index is -0.420. The summed E-state index contributed by atoms with van der Waals surface area (Å²) < 4.78 is 0. The highest BCUT2D eigenvalue weighted by Crippen LogP contribution is 2.21. The minimum absolute atomic E-state index is 0.00581. The Hall–Kier alpha value is -2.47. The first kappa shape index (κ1) is 16.9. The van der Waals surface area contributed by atoms with E-state index in [1.807, 2.05) is 18.2 Å². The van der Waals surface area contributed by atoms with Crippen molar-refractivity contribution in [3.63, 3.8) is 0 Å². The Balaban J connectivity index is 2.14. The molecule has 0 aliphatic heterocycles. The number of hydrogen-bond donors (Lipinski definition) is 1. The Labute approximate surface area is 136 Å². The van der Waals surface area contributed by atoms with Crippen molar-refractivity contribution in [2.45, 2.75) is 26.9 Å². The Morgan fingerprint density at radius 3 is 2.48 bits per heavy atom. The van der Waals surface area contributed by atoms with Gasteiger partial charge in [-0.05, 0) is 30.3 Å². The number of anilines is 1. The summed E-state index contributed by atoms with van der Waals surface area (Å²) in [5.41, 5.74) is 2.34. The van der Waals surface area contributed by atoms with Crippen molar-refractivity contribution < 1.29 is 4.92 Å². The van der Waals surface area contributed by atoms with Crippen LogP contribution < -0.4 is 5.32 Å². The van der Waals surface area contributed by atoms with Crippen LogP contribution in [0.2, 0.25) is 0 Å². The summed E-state index contributed by atoms with van der Waals surface area (Å²) in [6.07, 6.45) is 1.55. The molecule has 6 heteroatoms. The molecule has 0 saturated carbocycles. The van der Waals surface area contributed by atoms with Gasteiger partial charge in [-0.2, -0.15) is 0 Å². The van der Waals surface area contributed by atoms with Crippen molar-refractivity contribution in [2.75, 3.05) is 18.4 Å². The third-order valence-corrected chi connectivity index (χ3v) is 3.84. The van der Waals surface area contributed by atoms with E-state index in [4.69, 9.17) is 0 Å². The van der Waals surface area contributed by atoms with E-state index < -0.39 is 4.92 Å². The quantitative estimate of drug-likeness (QED) is 0.597. The van der Waals surface area contributed by atoms with Crippen LogP contribution in [0.15, 0.2) is 42.6 Å². The molecule has 0 aliphatic carbocycles. The van der Waals surface area contributed by atoms with Crippen LogP contribution in [0.4, 0.5) is 11.5 Å². The Bertz CT molecular complexity index is 657. The van der Waals surface area contributed by atoms with Crippen molar-refractivity contribution in [3.05, 3.63) is 63.8 Å². The second-order valence-electron chi connectivity index (χ2n) is 5.21. The topological polar surface area (TPSA) is 71.3 Å². The molecule has 1 heterocycles. The van der Waals surface area contributed by atoms with Gasteiger partial charge >= 0.3 is 5.69 Å². The van der Waals surface area contributed by atoms with E-state index in [9.17, 15) is 10.1 Å². The average Bonchev–Trinajstić information content (AvgIpc) is 2.58. The number of aromatic nitrogens is 1. The van der Waals surface area contributed by atoms with Crippen LogP contribution in [0.1, 0.15) is 25.0 Å². The fourth-order valence-electron chi connectivity index (χ4n) is 2.43. The number of nitro groups is 1. The van der Waals surface area contributed by atoms with E-state index in [1.54, 1.807) is 12.3 Å². The van der Waals surface area contributed by atoms with Crippen LogP contribution in [0, 0.1) is 10.1 Å². The van der Waals surface area contributed by atoms with Gasteiger partial charge in [-0.15, -0.1) is 0 Å². The standard InChI is InChI=1S/C17H22N4O2/c1-3-20(4-2)13-15-9-6-5-8-14(15)12-19-17-16(21(22)23)10-7-11-18-17/h5-11H,3-4,12-13H2,1-2H3,(H,18,19). The van der Waals surface area contributed by atoms with E-state index in [1.165, 1.54) is 11.6 Å². The Morgan fingerprint density at radius 2 is 1.83 bits per heavy atom. The average molecular weight is 314 g/mol. The summed E-state index contributed by atoms with van der Waals surface area (Å²) >= 11 is 0. The molecule has 6 nitrogen and oxygen atoms in total. The third-order valence-electron chi connectivity index (χ3n) is 3.84. The smallest absolute Gasteiger partial charge is 0.311 e. The summed E-state index contributed by atoms with van der Waals surface area (Å²) in [5, 5.41) is 14.1. The predicted molar refractivity (Wildman–Crippen MR) is 91.3 cm³/mol. The highest BCUT2D eigenvalue weighted by Gasteiger charge is 2.14. The molecule has 0 saturated heterocycles. The molecule has 0 bridgehead atoms. The minimum Gasteiger partial charge on any atom is -0.360 e. The molecule has 1 aromatic carbocycles. The molecule has 122 valence electrons. The van der Waals surface area contributed by atoms with Crippen LogP contribution in [-0.2, 0) is 13.1 Å². The molecular weight excluding hydrogens is 292 g/mol. The lowest BCUT2D eigenvalue weighted by Crippen LogP contribution is -2.23. The summed E-state index contributed by atoms with van der Waals surface area (Å²) in [5.74, 6) is 0.301. The number of pyridine rings is 1. The van der Waals surface area contributed by atoms with Crippen molar-refractivity contribution in [3.8, 4) is 0 Å². The van der Waals surface area contributed by atoms with Crippen LogP contribution in [0.5, 0.6) is 0 Å². The fourth-order valence-corrected chi connectivity index (χ4v) is 2.43. The van der Waals surface area contributed by atoms with Crippen molar-refractivity contribution >= 4 is 11.5 Å². The SMILES string of the molecule is CCN(CC)Cc1ccccc1CNc1ncccc1[N+](=O)[O-]. The molecule has 23 heavy (non-hydrogen) atoms. The fraction of sp³-hybridized carbons (Fsp3) is 0.353. The number of nitrogens with zero attached hydrogens (tertiary/aromatic N) is 3. The first-order valence-electron chi connectivity index (χ1n) is 7.78. The van der Waals surface area contributed by atoms with Crippen LogP contribution in [0.25, 0.3) is 0 Å². The highest BCUT2D eigenvalue weighted by molar-refractivity contribution is 5.55. The number of benzene rings is 1. The molecule has 0 aliphatic rings. The summed E-state index contributed by atoms with van der Waals surface area (Å²) in [6, 6.07) is 11.2. The molecular formula is C17H22N4O2. The number of hydrogen-bond acceptors (Lipinski definition) is 5. The van der Waals surface area contributed by atoms with Gasteiger partial charge in [0.25, 0.3) is 0 Å². The number of rotatable bonds is 8. The van der Waals surface area contributed by atoms with Crippen molar-refractivity contribution in [1.82, 2.24) is 9.88 Å². The zero-order chi connectivity index (χ0) is 16.7. The largest absolute Gasteiger partial charge is 0.360 e. The van der Waals surface area contributed by atoms with E-state index in [-0.39, 0.29) is 5.69 Å². The normalized spacial score (nSPS) is 10.7. The van der Waals surface area contributed by atoms with Crippen molar-refractivity contribution in [1.29, 1.82) is 0 Å². The summed E-state index contributed by atoms with van der Waals surface area (Å²) in [4.78, 5) is 17.0. The molecule has 2 aromatic rings. The van der Waals surface area contributed by atoms with E-state index in [2.05, 4.69) is 35.1 Å². The second kappa shape index (κ2) is 8.24. The highest BCUT2D eigenvalue weighted by atomic mass is 16.6. The van der Waals surface area contributed by atoms with Gasteiger partial charge in [0.2, 0.25) is 5.82 Å². The van der Waals surface area contributed by atoms with Gasteiger partial charge < -0.3 is 5.32 Å². The van der Waals surface area contributed by atoms with Gasteiger partial charge in [0.1, 0.15) is 0 Å². The summed E-state index contributed by atoms with van der Waals surface area (Å²) in [7, 11) is 0. The molecule has 2 rings (SSSR count). The monoisotopic (exact) mass is 314 g/mol. The van der Waals surface area contributed by atoms with E-state index >= 15 is 0 Å². The van der Waals surface area contributed by atoms with Crippen LogP contribution >= 0.6 is 0 Å². The van der Waals surface area contributed by atoms with Crippen LogP contribution in [-0.4, -0.2) is 27.9 Å². The van der Waals surface area contributed by atoms with Gasteiger partial charge in [0.05, 0.1) is 4.92 Å². The molecule has 1 aromatic heterocycles. The zero-order valence-corrected chi connectivity index (χ0v) is 13.5. The maximum absolute atomic E-state index is 11.0. The lowest BCUT2D eigenvalue weighted by molar-refractivity contribution is -0.384. The van der Waals surface area contributed by atoms with Gasteiger partial charge in [-0.3, -0.25) is 15.0 Å². The third kappa shape index (κ3) is 4.50. The van der Waals surface area contributed by atoms with Crippen molar-refractivity contribution in [2.24, 2.45) is 0 Å². The lowest BCUT2D eigenvalue weighted by Gasteiger charge is -2.20. The van der Waals surface area contributed by atoms with E-state index in [0.29, 0.717) is 12.4 Å². The van der Waals surface area contributed by atoms with Gasteiger partial charge in [-0.25, -0.2) is 4.98 Å².